The highest BCUT2D eigenvalue weighted by molar-refractivity contribution is 5.83. The number of hydrogen-bond acceptors (Lipinski definition) is 3. The molecule has 1 aromatic heterocycles. The summed E-state index contributed by atoms with van der Waals surface area (Å²) in [7, 11) is 0. The van der Waals surface area contributed by atoms with Crippen LogP contribution in [0.15, 0.2) is 23.0 Å². The Morgan fingerprint density at radius 1 is 1.23 bits per heavy atom. The number of carbonyl (C=O) groups is 1. The molecule has 0 bridgehead atoms. The van der Waals surface area contributed by atoms with Crippen LogP contribution in [0.1, 0.15) is 23.7 Å². The van der Waals surface area contributed by atoms with Crippen LogP contribution in [-0.4, -0.2) is 34.9 Å². The third-order valence-electron chi connectivity index (χ3n) is 4.34. The van der Waals surface area contributed by atoms with Gasteiger partial charge in [-0.3, -0.25) is 14.5 Å². The van der Waals surface area contributed by atoms with Gasteiger partial charge in [-0.05, 0) is 38.0 Å². The molecule has 1 unspecified atom stereocenters. The average molecular weight is 299 g/mol. The Bertz CT molecular complexity index is 794. The molecule has 3 rings (SSSR count). The molecule has 2 heterocycles. The molecule has 0 spiro atoms. The second kappa shape index (κ2) is 5.57. The van der Waals surface area contributed by atoms with Crippen LogP contribution in [0.3, 0.4) is 0 Å². The summed E-state index contributed by atoms with van der Waals surface area (Å²) in [6, 6.07) is 5.47. The summed E-state index contributed by atoms with van der Waals surface area (Å²) in [5, 5.41) is 3.58. The van der Waals surface area contributed by atoms with Crippen LogP contribution in [0, 0.1) is 13.8 Å². The summed E-state index contributed by atoms with van der Waals surface area (Å²) in [6.07, 6.45) is 0. The van der Waals surface area contributed by atoms with Gasteiger partial charge in [0.05, 0.1) is 11.6 Å². The predicted octanol–water partition coefficient (Wildman–Crippen LogP) is 1.47. The van der Waals surface area contributed by atoms with E-state index in [9.17, 15) is 9.59 Å². The maximum atomic E-state index is 12.4. The van der Waals surface area contributed by atoms with E-state index in [4.69, 9.17) is 0 Å². The van der Waals surface area contributed by atoms with Crippen LogP contribution < -0.4 is 10.7 Å². The van der Waals surface area contributed by atoms with Crippen LogP contribution in [0.2, 0.25) is 0 Å². The number of aryl methyl sites for hydroxylation is 2. The minimum absolute atomic E-state index is 0.0321. The van der Waals surface area contributed by atoms with E-state index in [2.05, 4.69) is 21.3 Å². The lowest BCUT2D eigenvalue weighted by Gasteiger charge is -2.32. The Hall–Kier alpha value is -2.14. The Morgan fingerprint density at radius 2 is 2.00 bits per heavy atom. The van der Waals surface area contributed by atoms with E-state index in [0.29, 0.717) is 13.1 Å². The zero-order chi connectivity index (χ0) is 15.9. The van der Waals surface area contributed by atoms with Gasteiger partial charge < -0.3 is 10.3 Å². The van der Waals surface area contributed by atoms with Gasteiger partial charge in [-0.1, -0.05) is 6.07 Å². The summed E-state index contributed by atoms with van der Waals surface area (Å²) in [4.78, 5) is 29.6. The highest BCUT2D eigenvalue weighted by Gasteiger charge is 2.25. The van der Waals surface area contributed by atoms with Crippen molar-refractivity contribution in [1.29, 1.82) is 0 Å². The summed E-state index contributed by atoms with van der Waals surface area (Å²) < 4.78 is 0. The quantitative estimate of drug-likeness (QED) is 0.882. The maximum absolute atomic E-state index is 12.4. The highest BCUT2D eigenvalue weighted by atomic mass is 16.2. The summed E-state index contributed by atoms with van der Waals surface area (Å²) >= 11 is 0. The zero-order valence-electron chi connectivity index (χ0n) is 13.2. The number of hydrogen-bond donors (Lipinski definition) is 2. The maximum Gasteiger partial charge on any atom is 0.237 e. The van der Waals surface area contributed by atoms with Gasteiger partial charge in [-0.25, -0.2) is 0 Å². The van der Waals surface area contributed by atoms with Gasteiger partial charge in [0.25, 0.3) is 0 Å². The molecule has 0 radical (unpaired) electrons. The first-order valence-electron chi connectivity index (χ1n) is 7.60. The largest absolute Gasteiger partial charge is 0.357 e. The molecule has 1 aliphatic rings. The fraction of sp³-hybridized carbons (Fsp3) is 0.412. The van der Waals surface area contributed by atoms with Crippen molar-refractivity contribution in [3.63, 3.8) is 0 Å². The van der Waals surface area contributed by atoms with Gasteiger partial charge >= 0.3 is 0 Å². The molecule has 116 valence electrons. The first-order chi connectivity index (χ1) is 10.5. The van der Waals surface area contributed by atoms with Gasteiger partial charge in [0, 0.05) is 36.8 Å². The molecule has 2 aromatic rings. The van der Waals surface area contributed by atoms with Crippen molar-refractivity contribution < 1.29 is 4.79 Å². The molecule has 22 heavy (non-hydrogen) atoms. The molecule has 0 aliphatic carbocycles. The number of pyridine rings is 1. The molecule has 1 saturated heterocycles. The monoisotopic (exact) mass is 299 g/mol. The van der Waals surface area contributed by atoms with E-state index in [0.717, 1.165) is 34.3 Å². The minimum Gasteiger partial charge on any atom is -0.357 e. The van der Waals surface area contributed by atoms with Crippen molar-refractivity contribution >= 4 is 16.8 Å². The number of carbonyl (C=O) groups excluding carboxylic acids is 1. The number of nitrogens with zero attached hydrogens (tertiary/aromatic N) is 1. The van der Waals surface area contributed by atoms with E-state index < -0.39 is 0 Å². The molecule has 5 heteroatoms. The number of aromatic amines is 1. The first-order valence-corrected chi connectivity index (χ1v) is 7.60. The SMILES string of the molecule is Cc1cc(C)c2[nH]c(CN3CCNC(=O)C3C)cc(=O)c2c1. The van der Waals surface area contributed by atoms with Gasteiger partial charge in [-0.15, -0.1) is 0 Å². The van der Waals surface area contributed by atoms with Crippen LogP contribution >= 0.6 is 0 Å². The molecular weight excluding hydrogens is 278 g/mol. The summed E-state index contributed by atoms with van der Waals surface area (Å²) in [6.45, 7) is 7.91. The van der Waals surface area contributed by atoms with Gasteiger partial charge in [0.2, 0.25) is 5.91 Å². The number of nitrogens with one attached hydrogen (secondary N) is 2. The normalized spacial score (nSPS) is 19.4. The summed E-state index contributed by atoms with van der Waals surface area (Å²) in [5.74, 6) is 0.0428. The van der Waals surface area contributed by atoms with Crippen LogP contribution in [0.5, 0.6) is 0 Å². The molecule has 1 aliphatic heterocycles. The Balaban J connectivity index is 1.98. The molecule has 1 amide bonds. The van der Waals surface area contributed by atoms with Crippen LogP contribution in [-0.2, 0) is 11.3 Å². The van der Waals surface area contributed by atoms with E-state index in [1.807, 2.05) is 26.8 Å². The topological polar surface area (TPSA) is 65.2 Å². The molecule has 5 nitrogen and oxygen atoms in total. The summed E-state index contributed by atoms with van der Waals surface area (Å²) in [5.41, 5.74) is 3.93. The van der Waals surface area contributed by atoms with Crippen molar-refractivity contribution in [2.24, 2.45) is 0 Å². The van der Waals surface area contributed by atoms with Crippen LogP contribution in [0.25, 0.3) is 10.9 Å². The number of piperazine rings is 1. The Morgan fingerprint density at radius 3 is 2.77 bits per heavy atom. The molecule has 1 atom stereocenters. The van der Waals surface area contributed by atoms with Crippen LogP contribution in [0.4, 0.5) is 0 Å². The van der Waals surface area contributed by atoms with E-state index in [-0.39, 0.29) is 17.4 Å². The lowest BCUT2D eigenvalue weighted by atomic mass is 10.1. The fourth-order valence-corrected chi connectivity index (χ4v) is 3.11. The van der Waals surface area contributed by atoms with Gasteiger partial charge in [0.1, 0.15) is 0 Å². The second-order valence-electron chi connectivity index (χ2n) is 6.10. The Labute approximate surface area is 129 Å². The number of benzene rings is 1. The number of fused-ring (bicyclic) bond motifs is 1. The van der Waals surface area contributed by atoms with Crippen molar-refractivity contribution in [2.75, 3.05) is 13.1 Å². The number of H-pyrrole nitrogens is 1. The second-order valence-corrected chi connectivity index (χ2v) is 6.10. The van der Waals surface area contributed by atoms with E-state index >= 15 is 0 Å². The van der Waals surface area contributed by atoms with Crippen molar-refractivity contribution in [1.82, 2.24) is 15.2 Å². The van der Waals surface area contributed by atoms with E-state index in [1.165, 1.54) is 0 Å². The molecule has 2 N–H and O–H groups in total. The van der Waals surface area contributed by atoms with Gasteiger partial charge in [-0.2, -0.15) is 0 Å². The highest BCUT2D eigenvalue weighted by Crippen LogP contribution is 2.17. The lowest BCUT2D eigenvalue weighted by molar-refractivity contribution is -0.128. The lowest BCUT2D eigenvalue weighted by Crippen LogP contribution is -2.53. The third-order valence-corrected chi connectivity index (χ3v) is 4.34. The molecule has 1 fully saturated rings. The predicted molar refractivity (Wildman–Crippen MR) is 86.9 cm³/mol. The van der Waals surface area contributed by atoms with E-state index in [1.54, 1.807) is 6.07 Å². The number of amides is 1. The Kier molecular flexibility index (Phi) is 3.74. The first kappa shape index (κ1) is 14.8. The fourth-order valence-electron chi connectivity index (χ4n) is 3.11. The average Bonchev–Trinajstić information content (AvgIpc) is 2.45. The third kappa shape index (κ3) is 2.64. The zero-order valence-corrected chi connectivity index (χ0v) is 13.2. The smallest absolute Gasteiger partial charge is 0.237 e. The minimum atomic E-state index is -0.174. The molecular formula is C17H21N3O2. The standard InChI is InChI=1S/C17H21N3O2/c1-10-6-11(2)16-14(7-10)15(21)8-13(19-16)9-20-5-4-18-17(22)12(20)3/h6-8,12H,4-5,9H2,1-3H3,(H,18,22)(H,19,21). The molecule has 0 saturated carbocycles. The van der Waals surface area contributed by atoms with Crippen molar-refractivity contribution in [3.8, 4) is 0 Å². The van der Waals surface area contributed by atoms with Crippen molar-refractivity contribution in [3.05, 3.63) is 45.2 Å². The molecule has 1 aromatic carbocycles. The number of aromatic nitrogens is 1. The van der Waals surface area contributed by atoms with Crippen molar-refractivity contribution in [2.45, 2.75) is 33.4 Å². The number of rotatable bonds is 2. The van der Waals surface area contributed by atoms with Gasteiger partial charge in [0.15, 0.2) is 5.43 Å².